The van der Waals surface area contributed by atoms with Crippen molar-refractivity contribution in [2.75, 3.05) is 37.7 Å². The smallest absolute Gasteiger partial charge is 0.253 e. The van der Waals surface area contributed by atoms with E-state index in [1.807, 2.05) is 53.4 Å². The zero-order chi connectivity index (χ0) is 27.3. The van der Waals surface area contributed by atoms with E-state index in [1.54, 1.807) is 6.33 Å². The molecule has 6 rings (SSSR count). The number of hydrogen-bond donors (Lipinski definition) is 0. The molecule has 3 aromatic carbocycles. The van der Waals surface area contributed by atoms with E-state index in [1.165, 1.54) is 0 Å². The summed E-state index contributed by atoms with van der Waals surface area (Å²) in [4.78, 5) is 27.0. The molecule has 0 spiro atoms. The van der Waals surface area contributed by atoms with Crippen LogP contribution in [0.5, 0.6) is 5.75 Å². The van der Waals surface area contributed by atoms with Gasteiger partial charge < -0.3 is 19.1 Å². The van der Waals surface area contributed by atoms with Crippen molar-refractivity contribution in [1.82, 2.24) is 19.4 Å². The lowest BCUT2D eigenvalue weighted by molar-refractivity contribution is 0.0746. The van der Waals surface area contributed by atoms with Gasteiger partial charge in [0.05, 0.1) is 12.0 Å². The Morgan fingerprint density at radius 3 is 2.25 bits per heavy atom. The number of unbranched alkanes of at least 4 members (excludes halogenated alkanes) is 1. The lowest BCUT2D eigenvalue weighted by atomic mass is 10.1. The van der Waals surface area contributed by atoms with E-state index in [4.69, 9.17) is 14.7 Å². The second-order valence-electron chi connectivity index (χ2n) is 10.0. The first-order valence-electron chi connectivity index (χ1n) is 14.0. The third-order valence-electron chi connectivity index (χ3n) is 7.42. The molecule has 0 aliphatic carbocycles. The summed E-state index contributed by atoms with van der Waals surface area (Å²) in [7, 11) is 0. The monoisotopic (exact) mass is 531 g/mol. The maximum absolute atomic E-state index is 13.3. The number of benzene rings is 3. The van der Waals surface area contributed by atoms with Gasteiger partial charge in [-0.2, -0.15) is 0 Å². The maximum atomic E-state index is 13.3. The highest BCUT2D eigenvalue weighted by atomic mass is 16.5. The van der Waals surface area contributed by atoms with Crippen LogP contribution in [0, 0.1) is 0 Å². The summed E-state index contributed by atoms with van der Waals surface area (Å²) in [6.07, 6.45) is 5.92. The summed E-state index contributed by atoms with van der Waals surface area (Å²) in [5.74, 6) is 1.76. The first-order valence-corrected chi connectivity index (χ1v) is 14.0. The Morgan fingerprint density at radius 2 is 1.55 bits per heavy atom. The summed E-state index contributed by atoms with van der Waals surface area (Å²) < 4.78 is 7.89. The van der Waals surface area contributed by atoms with Crippen LogP contribution in [-0.4, -0.2) is 58.1 Å². The van der Waals surface area contributed by atoms with Gasteiger partial charge in [0.25, 0.3) is 5.91 Å². The van der Waals surface area contributed by atoms with Gasteiger partial charge >= 0.3 is 0 Å². The van der Waals surface area contributed by atoms with Crippen LogP contribution >= 0.6 is 0 Å². The fourth-order valence-electron chi connectivity index (χ4n) is 5.24. The molecule has 5 aromatic rings. The van der Waals surface area contributed by atoms with E-state index in [2.05, 4.69) is 59.0 Å². The van der Waals surface area contributed by atoms with E-state index in [0.717, 1.165) is 52.3 Å². The molecule has 7 nitrogen and oxygen atoms in total. The lowest BCUT2D eigenvalue weighted by Crippen LogP contribution is -2.49. The molecule has 0 unspecified atom stereocenters. The molecule has 0 atom stereocenters. The number of nitrogens with zero attached hydrogens (tertiary/aromatic N) is 5. The molecule has 0 N–H and O–H groups in total. The molecule has 1 fully saturated rings. The number of carbonyl (C=O) groups is 1. The Balaban J connectivity index is 1.25. The van der Waals surface area contributed by atoms with Crippen LogP contribution in [0.15, 0.2) is 97.5 Å². The Kier molecular flexibility index (Phi) is 7.44. The number of fused-ring (bicyclic) bond motifs is 1. The third kappa shape index (κ3) is 5.15. The van der Waals surface area contributed by atoms with Crippen LogP contribution < -0.4 is 9.64 Å². The zero-order valence-electron chi connectivity index (χ0n) is 22.7. The molecule has 0 bridgehead atoms. The van der Waals surface area contributed by atoms with Crippen molar-refractivity contribution in [3.05, 3.63) is 103 Å². The van der Waals surface area contributed by atoms with Crippen LogP contribution in [0.25, 0.3) is 27.8 Å². The molecule has 2 aromatic heterocycles. The molecule has 40 heavy (non-hydrogen) atoms. The summed E-state index contributed by atoms with van der Waals surface area (Å²) in [5.41, 5.74) is 4.82. The highest BCUT2D eigenvalue weighted by Gasteiger charge is 2.26. The Bertz CT molecular complexity index is 1570. The topological polar surface area (TPSA) is 63.5 Å². The number of piperazine rings is 1. The number of hydrogen-bond acceptors (Lipinski definition) is 5. The summed E-state index contributed by atoms with van der Waals surface area (Å²) >= 11 is 0. The summed E-state index contributed by atoms with van der Waals surface area (Å²) in [5, 5.41) is 1.02. The quantitative estimate of drug-likeness (QED) is 0.222. The molecule has 1 aliphatic rings. The molecule has 0 radical (unpaired) electrons. The number of carbonyl (C=O) groups excluding carboxylic acids is 1. The third-order valence-corrected chi connectivity index (χ3v) is 7.42. The normalized spacial score (nSPS) is 13.5. The van der Waals surface area contributed by atoms with E-state index in [0.29, 0.717) is 38.3 Å². The molecule has 1 saturated heterocycles. The average Bonchev–Trinajstić information content (AvgIpc) is 3.42. The Hall–Kier alpha value is -4.65. The van der Waals surface area contributed by atoms with Gasteiger partial charge in [-0.15, -0.1) is 0 Å². The number of ether oxygens (including phenoxy) is 1. The van der Waals surface area contributed by atoms with Crippen molar-refractivity contribution in [1.29, 1.82) is 0 Å². The highest BCUT2D eigenvalue weighted by Crippen LogP contribution is 2.37. The molecule has 3 heterocycles. The fraction of sp³-hybridized carbons (Fsp3) is 0.242. The second-order valence-corrected chi connectivity index (χ2v) is 10.0. The van der Waals surface area contributed by atoms with Gasteiger partial charge in [-0.3, -0.25) is 4.79 Å². The van der Waals surface area contributed by atoms with Crippen LogP contribution in [0.2, 0.25) is 0 Å². The minimum Gasteiger partial charge on any atom is -0.494 e. The van der Waals surface area contributed by atoms with Crippen molar-refractivity contribution in [3.63, 3.8) is 0 Å². The molecular weight excluding hydrogens is 498 g/mol. The van der Waals surface area contributed by atoms with Gasteiger partial charge in [0.2, 0.25) is 0 Å². The van der Waals surface area contributed by atoms with Crippen LogP contribution in [0.4, 0.5) is 5.82 Å². The molecule has 202 valence electrons. The van der Waals surface area contributed by atoms with Gasteiger partial charge in [0.1, 0.15) is 17.9 Å². The number of para-hydroxylation sites is 1. The summed E-state index contributed by atoms with van der Waals surface area (Å²) in [6.45, 7) is 5.48. The predicted octanol–water partition coefficient (Wildman–Crippen LogP) is 6.23. The molecule has 1 aliphatic heterocycles. The number of rotatable bonds is 8. The minimum atomic E-state index is 0.0489. The van der Waals surface area contributed by atoms with E-state index >= 15 is 0 Å². The van der Waals surface area contributed by atoms with Crippen LogP contribution in [0.1, 0.15) is 30.1 Å². The largest absolute Gasteiger partial charge is 0.494 e. The molecule has 0 saturated carbocycles. The van der Waals surface area contributed by atoms with E-state index < -0.39 is 0 Å². The highest BCUT2D eigenvalue weighted by molar-refractivity contribution is 6.02. The predicted molar refractivity (Wildman–Crippen MR) is 159 cm³/mol. The SMILES string of the molecule is CCCCOc1ccc(C(=O)N2CCN(c3ncnc4c3c(-c3ccccc3)cn4-c3ccccc3)CC2)cc1. The first kappa shape index (κ1) is 25.6. The van der Waals surface area contributed by atoms with Gasteiger partial charge in [0, 0.05) is 49.2 Å². The number of anilines is 1. The second kappa shape index (κ2) is 11.6. The van der Waals surface area contributed by atoms with Crippen molar-refractivity contribution >= 4 is 22.8 Å². The zero-order valence-corrected chi connectivity index (χ0v) is 22.7. The van der Waals surface area contributed by atoms with Gasteiger partial charge in [-0.1, -0.05) is 61.9 Å². The maximum Gasteiger partial charge on any atom is 0.253 e. The Morgan fingerprint density at radius 1 is 0.850 bits per heavy atom. The molecular formula is C33H33N5O2. The van der Waals surface area contributed by atoms with Gasteiger partial charge in [-0.25, -0.2) is 9.97 Å². The fourth-order valence-corrected chi connectivity index (χ4v) is 5.24. The first-order chi connectivity index (χ1) is 19.7. The standard InChI is InChI=1S/C33H33N5O2/c1-2-3-22-40-28-16-14-26(15-17-28)33(39)37-20-18-36(19-21-37)31-30-29(25-10-6-4-7-11-25)23-38(32(30)35-24-34-31)27-12-8-5-9-13-27/h4-17,23-24H,2-3,18-22H2,1H3. The molecule has 7 heteroatoms. The van der Waals surface area contributed by atoms with Crippen LogP contribution in [0.3, 0.4) is 0 Å². The van der Waals surface area contributed by atoms with Crippen molar-refractivity contribution in [3.8, 4) is 22.6 Å². The van der Waals surface area contributed by atoms with Crippen LogP contribution in [-0.2, 0) is 0 Å². The Labute approximate surface area is 234 Å². The number of aromatic nitrogens is 3. The lowest BCUT2D eigenvalue weighted by Gasteiger charge is -2.35. The van der Waals surface area contributed by atoms with E-state index in [9.17, 15) is 4.79 Å². The summed E-state index contributed by atoms with van der Waals surface area (Å²) in [6, 6.07) is 28.2. The van der Waals surface area contributed by atoms with Crippen molar-refractivity contribution in [2.45, 2.75) is 19.8 Å². The van der Waals surface area contributed by atoms with Crippen molar-refractivity contribution < 1.29 is 9.53 Å². The van der Waals surface area contributed by atoms with E-state index in [-0.39, 0.29) is 5.91 Å². The molecule has 1 amide bonds. The minimum absolute atomic E-state index is 0.0489. The average molecular weight is 532 g/mol. The van der Waals surface area contributed by atoms with Crippen molar-refractivity contribution in [2.24, 2.45) is 0 Å². The van der Waals surface area contributed by atoms with Gasteiger partial charge in [0.15, 0.2) is 5.65 Å². The van der Waals surface area contributed by atoms with Gasteiger partial charge in [-0.05, 0) is 48.4 Å². The number of amides is 1.